The minimum absolute atomic E-state index is 0.0437. The number of pyridine rings is 1. The maximum Gasteiger partial charge on any atom is 0.408 e. The summed E-state index contributed by atoms with van der Waals surface area (Å²) in [5, 5.41) is 16.0. The minimum Gasteiger partial charge on any atom is -0.433 e. The molecule has 0 saturated heterocycles. The van der Waals surface area contributed by atoms with Gasteiger partial charge in [0.2, 0.25) is 0 Å². The molecule has 0 aliphatic heterocycles. The first-order valence-corrected chi connectivity index (χ1v) is 13.2. The first-order valence-electron chi connectivity index (χ1n) is 13.2. The molecule has 0 radical (unpaired) electrons. The molecule has 3 aromatic rings. The zero-order valence-corrected chi connectivity index (χ0v) is 23.0. The van der Waals surface area contributed by atoms with Crippen LogP contribution in [0.3, 0.4) is 0 Å². The second-order valence-corrected chi connectivity index (χ2v) is 10.8. The Morgan fingerprint density at radius 3 is 2.28 bits per heavy atom. The van der Waals surface area contributed by atoms with E-state index in [1.165, 1.54) is 6.07 Å². The van der Waals surface area contributed by atoms with Gasteiger partial charge in [0.05, 0.1) is 18.0 Å². The molecule has 0 bridgehead atoms. The summed E-state index contributed by atoms with van der Waals surface area (Å²) in [7, 11) is 0. The van der Waals surface area contributed by atoms with E-state index in [-0.39, 0.29) is 24.9 Å². The van der Waals surface area contributed by atoms with Gasteiger partial charge in [-0.25, -0.2) is 9.18 Å². The third-order valence-electron chi connectivity index (χ3n) is 6.84. The van der Waals surface area contributed by atoms with Crippen LogP contribution in [0.25, 0.3) is 11.3 Å². The van der Waals surface area contributed by atoms with E-state index in [0.717, 1.165) is 29.3 Å². The Labute approximate surface area is 229 Å². The Morgan fingerprint density at radius 2 is 1.67 bits per heavy atom. The average molecular weight is 536 g/mol. The van der Waals surface area contributed by atoms with Gasteiger partial charge in [-0.05, 0) is 42.0 Å². The van der Waals surface area contributed by atoms with Gasteiger partial charge in [-0.1, -0.05) is 81.8 Å². The van der Waals surface area contributed by atoms with Gasteiger partial charge in [0.25, 0.3) is 5.91 Å². The molecule has 0 fully saturated rings. The summed E-state index contributed by atoms with van der Waals surface area (Å²) in [6.45, 7) is 8.04. The molecule has 7 nitrogen and oxygen atoms in total. The lowest BCUT2D eigenvalue weighted by Crippen LogP contribution is -2.52. The summed E-state index contributed by atoms with van der Waals surface area (Å²) in [4.78, 5) is 30.2. The smallest absolute Gasteiger partial charge is 0.408 e. The molecule has 0 aliphatic carbocycles. The first-order chi connectivity index (χ1) is 18.5. The molecule has 8 heteroatoms. The van der Waals surface area contributed by atoms with E-state index in [4.69, 9.17) is 4.74 Å². The molecule has 0 spiro atoms. The molecule has 2 amide bonds. The fourth-order valence-corrected chi connectivity index (χ4v) is 4.15. The number of hydrogen-bond donors (Lipinski definition) is 3. The number of halogens is 1. The van der Waals surface area contributed by atoms with Crippen LogP contribution in [0.5, 0.6) is 0 Å². The molecule has 2 aromatic carbocycles. The van der Waals surface area contributed by atoms with Crippen molar-refractivity contribution in [1.29, 1.82) is 0 Å². The van der Waals surface area contributed by atoms with Crippen molar-refractivity contribution in [2.24, 2.45) is 5.41 Å². The van der Waals surface area contributed by atoms with Crippen molar-refractivity contribution in [3.63, 3.8) is 0 Å². The van der Waals surface area contributed by atoms with Gasteiger partial charge in [-0.3, -0.25) is 9.78 Å². The van der Waals surface area contributed by atoms with Crippen LogP contribution in [0.2, 0.25) is 0 Å². The first kappa shape index (κ1) is 29.8. The van der Waals surface area contributed by atoms with Crippen LogP contribution in [-0.2, 0) is 22.5 Å². The molecule has 208 valence electrons. The normalized spacial score (nSPS) is 13.7. The van der Waals surface area contributed by atoms with Gasteiger partial charge in [-0.15, -0.1) is 0 Å². The molecule has 3 N–H and O–H groups in total. The van der Waals surface area contributed by atoms with Gasteiger partial charge in [-0.2, -0.15) is 0 Å². The number of aromatic nitrogens is 1. The van der Waals surface area contributed by atoms with Gasteiger partial charge in [0.1, 0.15) is 5.82 Å². The van der Waals surface area contributed by atoms with Crippen LogP contribution in [0.15, 0.2) is 72.9 Å². The SMILES string of the molecule is CCC(C)(C)CC(O)CNC(=O)C(C)(Cc1ccc(-c2ccc(F)cn2)cc1)OC(=O)NCc1ccccc1. The summed E-state index contributed by atoms with van der Waals surface area (Å²) in [5.74, 6) is -0.918. The fourth-order valence-electron chi connectivity index (χ4n) is 4.15. The molecular weight excluding hydrogens is 497 g/mol. The van der Waals surface area contributed by atoms with Crippen LogP contribution in [-0.4, -0.2) is 40.3 Å². The molecule has 2 atom stereocenters. The predicted molar refractivity (Wildman–Crippen MR) is 149 cm³/mol. The third kappa shape index (κ3) is 9.18. The molecule has 1 aromatic heterocycles. The summed E-state index contributed by atoms with van der Waals surface area (Å²) in [6.07, 6.45) is 1.22. The number of nitrogens with zero attached hydrogens (tertiary/aromatic N) is 1. The van der Waals surface area contributed by atoms with Crippen molar-refractivity contribution in [3.8, 4) is 11.3 Å². The molecule has 1 heterocycles. The summed E-state index contributed by atoms with van der Waals surface area (Å²) in [5.41, 5.74) is 1.44. The lowest BCUT2D eigenvalue weighted by Gasteiger charge is -2.30. The van der Waals surface area contributed by atoms with Gasteiger partial charge in [0, 0.05) is 25.1 Å². The van der Waals surface area contributed by atoms with Gasteiger partial charge < -0.3 is 20.5 Å². The summed E-state index contributed by atoms with van der Waals surface area (Å²) >= 11 is 0. The number of alkyl carbamates (subject to hydrolysis) is 1. The van der Waals surface area contributed by atoms with Gasteiger partial charge in [0.15, 0.2) is 5.60 Å². The third-order valence-corrected chi connectivity index (χ3v) is 6.84. The van der Waals surface area contributed by atoms with E-state index in [0.29, 0.717) is 12.1 Å². The number of amides is 2. The van der Waals surface area contributed by atoms with Crippen molar-refractivity contribution in [2.45, 2.75) is 65.2 Å². The van der Waals surface area contributed by atoms with E-state index in [2.05, 4.69) is 36.4 Å². The number of aliphatic hydroxyl groups is 1. The Hall–Kier alpha value is -3.78. The van der Waals surface area contributed by atoms with Gasteiger partial charge >= 0.3 is 6.09 Å². The fraction of sp³-hybridized carbons (Fsp3) is 0.387. The van der Waals surface area contributed by atoms with Crippen LogP contribution in [0, 0.1) is 11.2 Å². The van der Waals surface area contributed by atoms with Crippen molar-refractivity contribution < 1.29 is 23.8 Å². The van der Waals surface area contributed by atoms with E-state index in [1.54, 1.807) is 13.0 Å². The lowest BCUT2D eigenvalue weighted by atomic mass is 9.84. The Morgan fingerprint density at radius 1 is 0.974 bits per heavy atom. The number of carbonyl (C=O) groups is 2. The zero-order valence-electron chi connectivity index (χ0n) is 23.0. The van der Waals surface area contributed by atoms with Crippen LogP contribution in [0.4, 0.5) is 9.18 Å². The minimum atomic E-state index is -1.55. The van der Waals surface area contributed by atoms with Crippen molar-refractivity contribution >= 4 is 12.0 Å². The standard InChI is InChI=1S/C31H38FN3O4/c1-5-30(2,3)18-26(36)21-34-28(37)31(4,39-29(38)35-19-23-9-7-6-8-10-23)17-22-11-13-24(14-12-22)27-16-15-25(32)20-33-27/h6-16,20,26,36H,5,17-19,21H2,1-4H3,(H,34,37)(H,35,38). The summed E-state index contributed by atoms with van der Waals surface area (Å²) in [6, 6.07) is 19.6. The Kier molecular flexibility index (Phi) is 10.2. The number of ether oxygens (including phenoxy) is 1. The second-order valence-electron chi connectivity index (χ2n) is 10.8. The number of carbonyl (C=O) groups excluding carboxylic acids is 2. The highest BCUT2D eigenvalue weighted by Gasteiger charge is 2.38. The highest BCUT2D eigenvalue weighted by atomic mass is 19.1. The highest BCUT2D eigenvalue weighted by molar-refractivity contribution is 5.87. The molecule has 3 rings (SSSR count). The van der Waals surface area contributed by atoms with Crippen LogP contribution >= 0.6 is 0 Å². The van der Waals surface area contributed by atoms with Crippen molar-refractivity contribution in [2.75, 3.05) is 6.54 Å². The van der Waals surface area contributed by atoms with Crippen LogP contribution < -0.4 is 10.6 Å². The topological polar surface area (TPSA) is 101 Å². The largest absolute Gasteiger partial charge is 0.433 e. The maximum absolute atomic E-state index is 13.4. The van der Waals surface area contributed by atoms with E-state index < -0.39 is 29.5 Å². The number of nitrogens with one attached hydrogen (secondary N) is 2. The quantitative estimate of drug-likeness (QED) is 0.288. The lowest BCUT2D eigenvalue weighted by molar-refractivity contribution is -0.139. The van der Waals surface area contributed by atoms with Crippen molar-refractivity contribution in [1.82, 2.24) is 15.6 Å². The van der Waals surface area contributed by atoms with E-state index >= 15 is 0 Å². The number of rotatable bonds is 12. The number of hydrogen-bond acceptors (Lipinski definition) is 5. The maximum atomic E-state index is 13.4. The van der Waals surface area contributed by atoms with E-state index in [9.17, 15) is 19.1 Å². The summed E-state index contributed by atoms with van der Waals surface area (Å²) < 4.78 is 18.9. The molecule has 2 unspecified atom stereocenters. The predicted octanol–water partition coefficient (Wildman–Crippen LogP) is 5.42. The molecule has 0 saturated carbocycles. The molecule has 0 aliphatic rings. The van der Waals surface area contributed by atoms with Crippen molar-refractivity contribution in [3.05, 3.63) is 89.9 Å². The molecule has 39 heavy (non-hydrogen) atoms. The average Bonchev–Trinajstić information content (AvgIpc) is 2.92. The second kappa shape index (κ2) is 13.3. The van der Waals surface area contributed by atoms with E-state index in [1.807, 2.05) is 54.6 Å². The number of benzene rings is 2. The monoisotopic (exact) mass is 535 g/mol. The Bertz CT molecular complexity index is 1220. The molecular formula is C31H38FN3O4. The number of aliphatic hydroxyl groups excluding tert-OH is 1. The zero-order chi connectivity index (χ0) is 28.5. The Balaban J connectivity index is 1.73. The highest BCUT2D eigenvalue weighted by Crippen LogP contribution is 2.26. The van der Waals surface area contributed by atoms with Crippen LogP contribution in [0.1, 0.15) is 51.7 Å².